The molecule has 1 saturated heterocycles. The minimum atomic E-state index is -1.39. The van der Waals surface area contributed by atoms with E-state index >= 15 is 0 Å². The molecule has 2 aromatic heterocycles. The van der Waals surface area contributed by atoms with Gasteiger partial charge in [0, 0.05) is 112 Å². The number of carbonyl (C=O) groups excluding carboxylic acids is 10. The van der Waals surface area contributed by atoms with Crippen LogP contribution in [-0.4, -0.2) is 123 Å². The predicted molar refractivity (Wildman–Crippen MR) is 334 cm³/mol. The van der Waals surface area contributed by atoms with Crippen molar-refractivity contribution in [2.24, 2.45) is 39.9 Å². The first-order valence-electron chi connectivity index (χ1n) is 30.3. The molecule has 472 valence electrons. The number of aromatic amines is 2. The molecule has 1 fully saturated rings. The van der Waals surface area contributed by atoms with Crippen LogP contribution in [0.2, 0.25) is 0 Å². The molecule has 0 bridgehead atoms. The topological polar surface area (TPSA) is 378 Å². The number of hydrogen-bond acceptors (Lipinski definition) is 12. The van der Waals surface area contributed by atoms with Gasteiger partial charge in [0.05, 0.1) is 12.4 Å². The lowest BCUT2D eigenvalue weighted by Gasteiger charge is -2.27. The zero-order valence-corrected chi connectivity index (χ0v) is 50.8. The van der Waals surface area contributed by atoms with Crippen molar-refractivity contribution in [1.82, 2.24) is 46.9 Å². The molecule has 5 rings (SSSR count). The Labute approximate surface area is 509 Å². The Kier molecular flexibility index (Phi) is 31.7. The Bertz CT molecular complexity index is 2940. The fraction of sp³-hybridized carbons (Fsp3) is 0.500. The number of fused-ring (bicyclic) bond motifs is 1. The molecule has 1 aliphatic rings. The molecule has 7 atom stereocenters. The number of allylic oxidation sites excluding steroid dienone is 4. The highest BCUT2D eigenvalue weighted by atomic mass is 16.2. The van der Waals surface area contributed by atoms with E-state index in [-0.39, 0.29) is 89.8 Å². The molecule has 3 heterocycles. The summed E-state index contributed by atoms with van der Waals surface area (Å²) in [4.78, 5) is 153. The molecule has 0 unspecified atom stereocenters. The number of amides is 7. The molecule has 23 nitrogen and oxygen atoms in total. The molecule has 0 spiro atoms. The van der Waals surface area contributed by atoms with E-state index < -0.39 is 113 Å². The number of benzene rings is 2. The van der Waals surface area contributed by atoms with Gasteiger partial charge in [0.15, 0.2) is 11.7 Å². The lowest BCUT2D eigenvalue weighted by atomic mass is 9.82. The van der Waals surface area contributed by atoms with E-state index in [1.807, 2.05) is 31.2 Å². The predicted octanol–water partition coefficient (Wildman–Crippen LogP) is 4.45. The Morgan fingerprint density at radius 2 is 1.45 bits per heavy atom. The van der Waals surface area contributed by atoms with Crippen LogP contribution in [0, 0.1) is 17.8 Å². The summed E-state index contributed by atoms with van der Waals surface area (Å²) in [5.74, 6) is -9.85. The van der Waals surface area contributed by atoms with Gasteiger partial charge in [0.1, 0.15) is 29.7 Å². The number of unbranched alkanes of at least 4 members (excludes halogenated alkanes) is 2. The number of imidazole rings is 1. The minimum absolute atomic E-state index is 0.0379. The van der Waals surface area contributed by atoms with Crippen LogP contribution in [0.15, 0.2) is 103 Å². The summed E-state index contributed by atoms with van der Waals surface area (Å²) in [5, 5.41) is 17.0. The van der Waals surface area contributed by atoms with Crippen LogP contribution in [0.1, 0.15) is 141 Å². The van der Waals surface area contributed by atoms with E-state index in [2.05, 4.69) is 90.0 Å². The number of guanidine groups is 1. The van der Waals surface area contributed by atoms with Crippen molar-refractivity contribution in [2.75, 3.05) is 19.6 Å². The van der Waals surface area contributed by atoms with Crippen LogP contribution < -0.4 is 49.1 Å². The number of ketones is 3. The molecule has 1 aliphatic heterocycles. The number of carbonyl (C=O) groups is 10. The average molecular weight is 1200 g/mol. The Balaban J connectivity index is 0.00000148. The van der Waals surface area contributed by atoms with Gasteiger partial charge in [-0.2, -0.15) is 0 Å². The third kappa shape index (κ3) is 26.6. The van der Waals surface area contributed by atoms with Crippen molar-refractivity contribution in [2.45, 2.75) is 167 Å². The average Bonchev–Trinajstić information content (AvgIpc) is 4.23. The second-order valence-electron chi connectivity index (χ2n) is 21.8. The third-order valence-electron chi connectivity index (χ3n) is 14.8. The van der Waals surface area contributed by atoms with Gasteiger partial charge in [-0.05, 0) is 81.4 Å². The number of nitrogens with one attached hydrogen (secondary N) is 8. The second-order valence-corrected chi connectivity index (χ2v) is 21.8. The summed E-state index contributed by atoms with van der Waals surface area (Å²) in [7, 11) is 0. The first kappa shape index (κ1) is 70.7. The summed E-state index contributed by atoms with van der Waals surface area (Å²) < 4.78 is 0. The van der Waals surface area contributed by atoms with Crippen LogP contribution >= 0.6 is 0 Å². The Morgan fingerprint density at radius 3 is 2.09 bits per heavy atom. The van der Waals surface area contributed by atoms with Gasteiger partial charge < -0.3 is 59.1 Å². The summed E-state index contributed by atoms with van der Waals surface area (Å²) in [6.45, 7) is 7.04. The Hall–Kier alpha value is -8.76. The molecular weight excluding hydrogens is 1110 g/mol. The third-order valence-corrected chi connectivity index (χ3v) is 14.8. The van der Waals surface area contributed by atoms with Crippen molar-refractivity contribution in [3.8, 4) is 0 Å². The second kappa shape index (κ2) is 39.0. The number of hydrogen-bond donors (Lipinski definition) is 11. The summed E-state index contributed by atoms with van der Waals surface area (Å²) in [5.41, 5.74) is 19.7. The van der Waals surface area contributed by atoms with Gasteiger partial charge in [-0.25, -0.2) is 4.98 Å². The molecule has 87 heavy (non-hydrogen) atoms. The highest BCUT2D eigenvalue weighted by molar-refractivity contribution is 5.98. The molecule has 0 saturated carbocycles. The number of para-hydroxylation sites is 1. The van der Waals surface area contributed by atoms with E-state index in [1.54, 1.807) is 36.5 Å². The number of primary amides is 1. The van der Waals surface area contributed by atoms with E-state index in [4.69, 9.17) is 17.2 Å². The minimum Gasteiger partial charge on any atom is -0.370 e. The maximum atomic E-state index is 14.8. The smallest absolute Gasteiger partial charge is 0.243 e. The number of nitrogens with zero attached hydrogens (tertiary/aromatic N) is 2. The summed E-state index contributed by atoms with van der Waals surface area (Å²) >= 11 is 0. The number of H-pyrrole nitrogens is 2. The Morgan fingerprint density at radius 1 is 0.770 bits per heavy atom. The van der Waals surface area contributed by atoms with Crippen molar-refractivity contribution in [3.05, 3.63) is 114 Å². The van der Waals surface area contributed by atoms with Crippen LogP contribution in [0.5, 0.6) is 0 Å². The van der Waals surface area contributed by atoms with Crippen LogP contribution in [0.4, 0.5) is 0 Å². The van der Waals surface area contributed by atoms with E-state index in [1.165, 1.54) is 32.3 Å². The standard InChI is InChI=1S/C54H73N13O10.C10H18/c1-3-4-15-41(64-32(2)68)51(75)65-42-19-21-59-48(72)17-18-49(73)62-29-37(46(70)25-35(50(55)74)23-36-28-61-40-16-9-8-14-39(36)40)26-45(69)34(13-10-20-60-54(56)57)24-47(71)43(22-33-11-6-5-7-12-33)66-53(77)44(67-52(42)76)27-38-30-58-31-63-38;1-3-5-7-9-10-8-6-4-2/h5-9,11-12,14,16,28,30-31,34-35,37,41-44,61H,3-4,10,13,15,17-27,29H2,1-2H3,(H2,55,74)(H,58,63)(H,59,72)(H,62,73)(H,64,68)(H,65,75)(H,66,77)(H,67,76)(H4,56,57,60);5-8H,3-4,9-10H2,1-2H3/t34-,35-,37+,41+,42+,43-,44+;/m1./s1. The molecular formula is C64H91N13O10. The molecule has 0 radical (unpaired) electrons. The molecule has 2 aromatic carbocycles. The highest BCUT2D eigenvalue weighted by Crippen LogP contribution is 2.26. The van der Waals surface area contributed by atoms with Crippen LogP contribution in [-0.2, 0) is 67.2 Å². The van der Waals surface area contributed by atoms with Crippen LogP contribution in [0.3, 0.4) is 0 Å². The van der Waals surface area contributed by atoms with Crippen LogP contribution in [0.25, 0.3) is 10.9 Å². The summed E-state index contributed by atoms with van der Waals surface area (Å²) in [6, 6.07) is 11.2. The van der Waals surface area contributed by atoms with Gasteiger partial charge in [-0.3, -0.25) is 52.9 Å². The molecule has 4 aromatic rings. The first-order valence-corrected chi connectivity index (χ1v) is 30.3. The van der Waals surface area contributed by atoms with E-state index in [0.717, 1.165) is 29.3 Å². The number of Topliss-reactive ketones (excluding diaryl/α,β-unsaturated/α-hetero) is 3. The number of aliphatic imine (C=N–C) groups is 1. The van der Waals surface area contributed by atoms with Gasteiger partial charge in [-0.1, -0.05) is 106 Å². The van der Waals surface area contributed by atoms with Crippen molar-refractivity contribution in [1.29, 1.82) is 0 Å². The lowest BCUT2D eigenvalue weighted by Crippen LogP contribution is -2.58. The van der Waals surface area contributed by atoms with Gasteiger partial charge >= 0.3 is 0 Å². The van der Waals surface area contributed by atoms with Crippen molar-refractivity contribution >= 4 is 75.6 Å². The lowest BCUT2D eigenvalue weighted by molar-refractivity contribution is -0.135. The maximum absolute atomic E-state index is 14.8. The summed E-state index contributed by atoms with van der Waals surface area (Å²) in [6.07, 6.45) is 17.8. The monoisotopic (exact) mass is 1200 g/mol. The zero-order chi connectivity index (χ0) is 63.5. The SMILES string of the molecule is CCC=CCCC=CCC.CCCC[C@H](NC(C)=O)C(=O)N[C@H]1CCNC(=O)CCC(=O)NC[C@@H](C(=O)C[C@@H](Cc2c[nH]c3ccccc23)C(N)=O)CC(=O)[C@H](CCCN=C(N)N)CC(=O)[C@@H](Cc2ccccc2)NC(=O)[C@H](Cc2cnc[nH]2)NC1=O. The fourth-order valence-corrected chi connectivity index (χ4v) is 9.95. The number of rotatable bonds is 25. The molecule has 7 amide bonds. The highest BCUT2D eigenvalue weighted by Gasteiger charge is 2.35. The zero-order valence-electron chi connectivity index (χ0n) is 50.8. The normalized spacial score (nSPS) is 19.4. The fourth-order valence-electron chi connectivity index (χ4n) is 9.95. The van der Waals surface area contributed by atoms with E-state index in [0.29, 0.717) is 24.1 Å². The number of aromatic nitrogens is 3. The quantitative estimate of drug-likeness (QED) is 0.0189. The number of nitrogens with two attached hydrogens (primary N) is 3. The van der Waals surface area contributed by atoms with E-state index in [9.17, 15) is 47.9 Å². The molecule has 0 aliphatic carbocycles. The first-order chi connectivity index (χ1) is 41.8. The van der Waals surface area contributed by atoms with Gasteiger partial charge in [-0.15, -0.1) is 0 Å². The van der Waals surface area contributed by atoms with Crippen molar-refractivity contribution in [3.63, 3.8) is 0 Å². The maximum Gasteiger partial charge on any atom is 0.243 e. The molecule has 14 N–H and O–H groups in total. The molecule has 23 heteroatoms. The van der Waals surface area contributed by atoms with Gasteiger partial charge in [0.2, 0.25) is 41.4 Å². The largest absolute Gasteiger partial charge is 0.370 e. The van der Waals surface area contributed by atoms with Gasteiger partial charge in [0.25, 0.3) is 0 Å². The van der Waals surface area contributed by atoms with Crippen molar-refractivity contribution < 1.29 is 47.9 Å².